The Kier molecular flexibility index (Phi) is 8.18. The van der Waals surface area contributed by atoms with Crippen molar-refractivity contribution in [2.45, 2.75) is 52.6 Å². The number of likely N-dealkylation sites (tertiary alicyclic amines) is 1. The number of aliphatic hydroxyl groups is 1. The molecule has 184 valence electrons. The second-order valence-electron chi connectivity index (χ2n) is 9.29. The number of carbonyl (C=O) groups excluding carboxylic acids is 2. The van der Waals surface area contributed by atoms with E-state index in [2.05, 4.69) is 18.8 Å². The quantitative estimate of drug-likeness (QED) is 0.266. The summed E-state index contributed by atoms with van der Waals surface area (Å²) in [6.07, 6.45) is 5.98. The Balaban J connectivity index is 0.00000342. The number of amides is 1. The van der Waals surface area contributed by atoms with Crippen LogP contribution in [0.1, 0.15) is 60.0 Å². The molecule has 1 atom stereocenters. The summed E-state index contributed by atoms with van der Waals surface area (Å²) in [7, 11) is 0. The lowest BCUT2D eigenvalue weighted by atomic mass is 9.92. The Morgan fingerprint density at radius 3 is 2.40 bits per heavy atom. The number of halogens is 1. The first kappa shape index (κ1) is 26.2. The normalized spacial score (nSPS) is 17.2. The minimum atomic E-state index is -0.640. The first-order valence-electron chi connectivity index (χ1n) is 11.7. The summed E-state index contributed by atoms with van der Waals surface area (Å²) in [5.74, 6) is -0.963. The molecule has 35 heavy (non-hydrogen) atoms. The van der Waals surface area contributed by atoms with Crippen molar-refractivity contribution in [2.75, 3.05) is 6.54 Å². The molecule has 1 amide bonds. The van der Waals surface area contributed by atoms with Gasteiger partial charge in [0, 0.05) is 31.0 Å². The summed E-state index contributed by atoms with van der Waals surface area (Å²) >= 11 is 0. The molecule has 1 aromatic heterocycles. The Morgan fingerprint density at radius 1 is 1.06 bits per heavy atom. The zero-order chi connectivity index (χ0) is 24.4. The average Bonchev–Trinajstić information content (AvgIpc) is 3.42. The molecule has 0 spiro atoms. The summed E-state index contributed by atoms with van der Waals surface area (Å²) in [4.78, 5) is 32.1. The number of imidazole rings is 1. The molecule has 1 aliphatic rings. The smallest absolute Gasteiger partial charge is 0.295 e. The highest BCUT2D eigenvalue weighted by atomic mass is 35.5. The van der Waals surface area contributed by atoms with Crippen molar-refractivity contribution < 1.29 is 14.7 Å². The Bertz CT molecular complexity index is 1230. The van der Waals surface area contributed by atoms with Gasteiger partial charge in [-0.25, -0.2) is 4.98 Å². The summed E-state index contributed by atoms with van der Waals surface area (Å²) in [5.41, 5.74) is 4.55. The number of aliphatic hydroxyl groups excluding tert-OH is 1. The molecule has 1 saturated heterocycles. The fourth-order valence-electron chi connectivity index (χ4n) is 4.50. The van der Waals surface area contributed by atoms with Crippen LogP contribution in [0.15, 0.2) is 66.8 Å². The van der Waals surface area contributed by atoms with Crippen LogP contribution in [0.25, 0.3) is 5.76 Å². The largest absolute Gasteiger partial charge is 0.507 e. The molecule has 0 bridgehead atoms. The molecule has 1 aliphatic heterocycles. The van der Waals surface area contributed by atoms with E-state index in [1.54, 1.807) is 17.4 Å². The van der Waals surface area contributed by atoms with Gasteiger partial charge in [0.05, 0.1) is 17.9 Å². The van der Waals surface area contributed by atoms with Gasteiger partial charge in [-0.2, -0.15) is 0 Å². The van der Waals surface area contributed by atoms with Crippen LogP contribution in [0.3, 0.4) is 0 Å². The SMILES string of the molecule is Cc1ccc(C)c(/C(O)=C2\C(=O)C(=O)N(CCCn3ccnc3)C2c2ccc(C(C)C)cc2)c1.Cl. The van der Waals surface area contributed by atoms with Gasteiger partial charge in [-0.3, -0.25) is 9.59 Å². The number of ketones is 1. The van der Waals surface area contributed by atoms with Crippen molar-refractivity contribution in [3.63, 3.8) is 0 Å². The molecule has 3 aromatic rings. The number of aromatic nitrogens is 2. The van der Waals surface area contributed by atoms with E-state index in [-0.39, 0.29) is 23.7 Å². The first-order chi connectivity index (χ1) is 16.3. The van der Waals surface area contributed by atoms with Crippen molar-refractivity contribution in [3.05, 3.63) is 94.6 Å². The molecule has 0 aliphatic carbocycles. The van der Waals surface area contributed by atoms with Gasteiger partial charge in [-0.1, -0.05) is 55.8 Å². The van der Waals surface area contributed by atoms with Gasteiger partial charge in [0.15, 0.2) is 0 Å². The molecule has 0 saturated carbocycles. The maximum absolute atomic E-state index is 13.3. The number of hydrogen-bond acceptors (Lipinski definition) is 4. The summed E-state index contributed by atoms with van der Waals surface area (Å²) in [6.45, 7) is 9.15. The van der Waals surface area contributed by atoms with Crippen molar-refractivity contribution in [1.82, 2.24) is 14.5 Å². The van der Waals surface area contributed by atoms with Gasteiger partial charge < -0.3 is 14.6 Å². The van der Waals surface area contributed by atoms with Crippen LogP contribution in [-0.4, -0.2) is 37.8 Å². The zero-order valence-corrected chi connectivity index (χ0v) is 21.4. The lowest BCUT2D eigenvalue weighted by Gasteiger charge is -2.26. The molecular weight excluding hydrogens is 462 g/mol. The van der Waals surface area contributed by atoms with Crippen molar-refractivity contribution in [3.8, 4) is 0 Å². The van der Waals surface area contributed by atoms with E-state index in [9.17, 15) is 14.7 Å². The summed E-state index contributed by atoms with van der Waals surface area (Å²) in [5, 5.41) is 11.3. The lowest BCUT2D eigenvalue weighted by molar-refractivity contribution is -0.139. The van der Waals surface area contributed by atoms with Crippen molar-refractivity contribution in [2.24, 2.45) is 0 Å². The van der Waals surface area contributed by atoms with Gasteiger partial charge >= 0.3 is 0 Å². The highest BCUT2D eigenvalue weighted by molar-refractivity contribution is 6.46. The van der Waals surface area contributed by atoms with E-state index < -0.39 is 17.7 Å². The molecule has 0 radical (unpaired) electrons. The van der Waals surface area contributed by atoms with E-state index in [0.717, 1.165) is 16.7 Å². The molecule has 2 aromatic carbocycles. The average molecular weight is 494 g/mol. The van der Waals surface area contributed by atoms with Crippen LogP contribution < -0.4 is 0 Å². The third-order valence-corrected chi connectivity index (χ3v) is 6.48. The fraction of sp³-hybridized carbons (Fsp3) is 0.321. The third kappa shape index (κ3) is 5.33. The third-order valence-electron chi connectivity index (χ3n) is 6.48. The number of nitrogens with zero attached hydrogens (tertiary/aromatic N) is 3. The van der Waals surface area contributed by atoms with Crippen LogP contribution in [0.5, 0.6) is 0 Å². The number of rotatable bonds is 7. The first-order valence-corrected chi connectivity index (χ1v) is 11.7. The number of Topliss-reactive ketones (excluding diaryl/α,β-unsaturated/α-hetero) is 1. The van der Waals surface area contributed by atoms with Crippen LogP contribution in [-0.2, 0) is 16.1 Å². The molecular formula is C28H32ClN3O3. The number of benzene rings is 2. The molecule has 4 rings (SSSR count). The van der Waals surface area contributed by atoms with Gasteiger partial charge in [-0.05, 0) is 48.9 Å². The predicted octanol–water partition coefficient (Wildman–Crippen LogP) is 5.56. The van der Waals surface area contributed by atoms with E-state index in [0.29, 0.717) is 31.0 Å². The monoisotopic (exact) mass is 493 g/mol. The highest BCUT2D eigenvalue weighted by Crippen LogP contribution is 2.40. The highest BCUT2D eigenvalue weighted by Gasteiger charge is 2.45. The van der Waals surface area contributed by atoms with Gasteiger partial charge in [0.25, 0.3) is 11.7 Å². The number of aryl methyl sites for hydroxylation is 3. The Labute approximate surface area is 212 Å². The molecule has 1 fully saturated rings. The molecule has 6 nitrogen and oxygen atoms in total. The molecule has 7 heteroatoms. The molecule has 1 unspecified atom stereocenters. The van der Waals surface area contributed by atoms with Crippen LogP contribution in [0.4, 0.5) is 0 Å². The lowest BCUT2D eigenvalue weighted by Crippen LogP contribution is -2.31. The Hall–Kier alpha value is -3.38. The van der Waals surface area contributed by atoms with Gasteiger partial charge in [-0.15, -0.1) is 12.4 Å². The fourth-order valence-corrected chi connectivity index (χ4v) is 4.50. The van der Waals surface area contributed by atoms with Crippen molar-refractivity contribution >= 4 is 29.9 Å². The molecule has 1 N–H and O–H groups in total. The number of carbonyl (C=O) groups is 2. The predicted molar refractivity (Wildman–Crippen MR) is 140 cm³/mol. The minimum Gasteiger partial charge on any atom is -0.507 e. The standard InChI is InChI=1S/C28H31N3O3.ClH/c1-18(2)21-8-10-22(11-9-21)25-24(26(32)23-16-19(3)6-7-20(23)4)27(33)28(34)31(25)14-5-13-30-15-12-29-17-30;/h6-12,15-18,25,32H,5,13-14H2,1-4H3;1H/b26-24+;. The topological polar surface area (TPSA) is 75.4 Å². The minimum absolute atomic E-state index is 0. The Morgan fingerprint density at radius 2 is 1.77 bits per heavy atom. The zero-order valence-electron chi connectivity index (χ0n) is 20.6. The second kappa shape index (κ2) is 10.9. The van der Waals surface area contributed by atoms with Crippen LogP contribution >= 0.6 is 12.4 Å². The maximum Gasteiger partial charge on any atom is 0.295 e. The second-order valence-corrected chi connectivity index (χ2v) is 9.29. The van der Waals surface area contributed by atoms with E-state index in [1.165, 1.54) is 5.56 Å². The van der Waals surface area contributed by atoms with Crippen molar-refractivity contribution in [1.29, 1.82) is 0 Å². The van der Waals surface area contributed by atoms with E-state index >= 15 is 0 Å². The maximum atomic E-state index is 13.3. The van der Waals surface area contributed by atoms with Crippen LogP contribution in [0, 0.1) is 13.8 Å². The van der Waals surface area contributed by atoms with Gasteiger partial charge in [0.1, 0.15) is 5.76 Å². The summed E-state index contributed by atoms with van der Waals surface area (Å²) < 4.78 is 1.94. The van der Waals surface area contributed by atoms with Crippen LogP contribution in [0.2, 0.25) is 0 Å². The van der Waals surface area contributed by atoms with E-state index in [1.807, 2.05) is 67.1 Å². The van der Waals surface area contributed by atoms with E-state index in [4.69, 9.17) is 0 Å². The summed E-state index contributed by atoms with van der Waals surface area (Å²) in [6, 6.07) is 13.1. The number of hydrogen-bond donors (Lipinski definition) is 1. The molecule has 2 heterocycles. The van der Waals surface area contributed by atoms with Gasteiger partial charge in [0.2, 0.25) is 0 Å².